The van der Waals surface area contributed by atoms with Crippen molar-refractivity contribution in [1.82, 2.24) is 24.6 Å². The molecule has 186 valence electrons. The Kier molecular flexibility index (Phi) is 6.38. The number of rotatable bonds is 6. The van der Waals surface area contributed by atoms with Gasteiger partial charge in [0.1, 0.15) is 10.7 Å². The average molecular weight is 524 g/mol. The maximum Gasteiger partial charge on any atom is 0.273 e. The minimum Gasteiger partial charge on any atom is -0.461 e. The lowest BCUT2D eigenvalue weighted by atomic mass is 10.0. The van der Waals surface area contributed by atoms with E-state index >= 15 is 0 Å². The highest BCUT2D eigenvalue weighted by atomic mass is 32.2. The molecule has 2 aliphatic heterocycles. The summed E-state index contributed by atoms with van der Waals surface area (Å²) in [5.41, 5.74) is 2.58. The average Bonchev–Trinajstić information content (AvgIpc) is 3.71. The Labute approximate surface area is 216 Å². The molecule has 1 spiro atoms. The van der Waals surface area contributed by atoms with Gasteiger partial charge in [0.15, 0.2) is 16.7 Å². The Morgan fingerprint density at radius 1 is 1.11 bits per heavy atom. The molecule has 0 radical (unpaired) electrons. The fourth-order valence-corrected chi connectivity index (χ4v) is 6.29. The van der Waals surface area contributed by atoms with Crippen LogP contribution in [0.3, 0.4) is 0 Å². The molecule has 0 N–H and O–H groups in total. The molecule has 36 heavy (non-hydrogen) atoms. The van der Waals surface area contributed by atoms with E-state index in [1.165, 1.54) is 23.1 Å². The van der Waals surface area contributed by atoms with Gasteiger partial charge in [-0.05, 0) is 30.7 Å². The second kappa shape index (κ2) is 9.81. The number of thiazole rings is 1. The van der Waals surface area contributed by atoms with Gasteiger partial charge in [0.05, 0.1) is 30.9 Å². The number of nitrogens with zero attached hydrogens (tertiary/aromatic N) is 5. The highest BCUT2D eigenvalue weighted by Gasteiger charge is 2.41. The molecular weight excluding hydrogens is 498 g/mol. The number of thioether (sulfide) groups is 1. The molecule has 11 heteroatoms. The number of likely N-dealkylation sites (tertiary alicyclic amines) is 1. The highest BCUT2D eigenvalue weighted by Crippen LogP contribution is 2.33. The van der Waals surface area contributed by atoms with E-state index in [1.54, 1.807) is 6.26 Å². The minimum atomic E-state index is -0.498. The van der Waals surface area contributed by atoms with Gasteiger partial charge >= 0.3 is 0 Å². The summed E-state index contributed by atoms with van der Waals surface area (Å²) < 4.78 is 19.2. The molecule has 0 unspecified atom stereocenters. The van der Waals surface area contributed by atoms with Crippen molar-refractivity contribution in [3.8, 4) is 17.3 Å². The first-order chi connectivity index (χ1) is 17.6. The number of benzene rings is 1. The van der Waals surface area contributed by atoms with Crippen molar-refractivity contribution in [2.24, 2.45) is 0 Å². The first kappa shape index (κ1) is 23.4. The van der Waals surface area contributed by atoms with Gasteiger partial charge in [-0.15, -0.1) is 21.5 Å². The lowest BCUT2D eigenvalue weighted by Gasteiger charge is -2.37. The van der Waals surface area contributed by atoms with Gasteiger partial charge in [-0.2, -0.15) is 0 Å². The molecule has 5 heterocycles. The third-order valence-electron chi connectivity index (χ3n) is 6.45. The Morgan fingerprint density at radius 3 is 2.67 bits per heavy atom. The molecule has 2 fully saturated rings. The zero-order valence-corrected chi connectivity index (χ0v) is 21.4. The lowest BCUT2D eigenvalue weighted by molar-refractivity contribution is -0.181. The van der Waals surface area contributed by atoms with E-state index in [2.05, 4.69) is 28.2 Å². The van der Waals surface area contributed by atoms with Crippen molar-refractivity contribution in [1.29, 1.82) is 0 Å². The molecule has 0 atom stereocenters. The van der Waals surface area contributed by atoms with Gasteiger partial charge in [0.2, 0.25) is 5.82 Å². The lowest BCUT2D eigenvalue weighted by Crippen LogP contribution is -2.47. The van der Waals surface area contributed by atoms with Crippen LogP contribution in [0.5, 0.6) is 0 Å². The fraction of sp³-hybridized carbons (Fsp3) is 0.360. The van der Waals surface area contributed by atoms with Crippen molar-refractivity contribution in [2.75, 3.05) is 26.3 Å². The van der Waals surface area contributed by atoms with Gasteiger partial charge in [-0.1, -0.05) is 30.0 Å². The topological polar surface area (TPSA) is 95.5 Å². The van der Waals surface area contributed by atoms with E-state index in [9.17, 15) is 4.79 Å². The number of piperidine rings is 1. The van der Waals surface area contributed by atoms with Crippen molar-refractivity contribution in [3.05, 3.63) is 64.3 Å². The summed E-state index contributed by atoms with van der Waals surface area (Å²) in [5, 5.41) is 12.3. The molecule has 6 rings (SSSR count). The molecule has 1 amide bonds. The van der Waals surface area contributed by atoms with Crippen molar-refractivity contribution < 1.29 is 18.7 Å². The third-order valence-corrected chi connectivity index (χ3v) is 8.42. The van der Waals surface area contributed by atoms with E-state index < -0.39 is 5.79 Å². The van der Waals surface area contributed by atoms with E-state index in [4.69, 9.17) is 13.9 Å². The number of hydrogen-bond acceptors (Lipinski definition) is 9. The number of hydrogen-bond donors (Lipinski definition) is 0. The standard InChI is InChI=1S/C25H25N5O4S2/c1-17-5-2-3-6-19(17)30-22(20-7-4-12-32-20)27-28-24(30)36-16-21-26-18(15-35-21)23(31)29-10-8-25(9-11-29)33-13-14-34-25/h2-7,12,15H,8-11,13-14,16H2,1H3. The van der Waals surface area contributed by atoms with Crippen LogP contribution >= 0.6 is 23.1 Å². The van der Waals surface area contributed by atoms with Crippen molar-refractivity contribution in [2.45, 2.75) is 36.5 Å². The smallest absolute Gasteiger partial charge is 0.273 e. The van der Waals surface area contributed by atoms with E-state index in [-0.39, 0.29) is 5.91 Å². The second-order valence-corrected chi connectivity index (χ2v) is 10.6. The summed E-state index contributed by atoms with van der Waals surface area (Å²) in [6.07, 6.45) is 3.01. The highest BCUT2D eigenvalue weighted by molar-refractivity contribution is 7.98. The first-order valence-electron chi connectivity index (χ1n) is 11.8. The molecule has 0 saturated carbocycles. The second-order valence-electron chi connectivity index (χ2n) is 8.72. The molecule has 4 aromatic rings. The summed E-state index contributed by atoms with van der Waals surface area (Å²) in [7, 11) is 0. The Bertz CT molecular complexity index is 1350. The zero-order valence-electron chi connectivity index (χ0n) is 19.8. The van der Waals surface area contributed by atoms with Crippen LogP contribution in [0.1, 0.15) is 33.9 Å². The van der Waals surface area contributed by atoms with Crippen LogP contribution in [0.15, 0.2) is 57.6 Å². The molecule has 2 aliphatic rings. The summed E-state index contributed by atoms with van der Waals surface area (Å²) >= 11 is 3.02. The summed E-state index contributed by atoms with van der Waals surface area (Å²) in [6.45, 7) is 4.52. The molecule has 0 bridgehead atoms. The summed E-state index contributed by atoms with van der Waals surface area (Å²) in [5.74, 6) is 1.33. The van der Waals surface area contributed by atoms with Crippen LogP contribution in [-0.2, 0) is 15.2 Å². The molecule has 0 aliphatic carbocycles. The van der Waals surface area contributed by atoms with Crippen LogP contribution < -0.4 is 0 Å². The van der Waals surface area contributed by atoms with Crippen molar-refractivity contribution in [3.63, 3.8) is 0 Å². The van der Waals surface area contributed by atoms with Gasteiger partial charge in [0, 0.05) is 31.3 Å². The van der Waals surface area contributed by atoms with E-state index in [1.807, 2.05) is 45.2 Å². The number of para-hydroxylation sites is 1. The number of aromatic nitrogens is 4. The molecule has 2 saturated heterocycles. The van der Waals surface area contributed by atoms with Gasteiger partial charge in [0.25, 0.3) is 5.91 Å². The Hall–Kier alpha value is -2.99. The van der Waals surface area contributed by atoms with Crippen LogP contribution in [-0.4, -0.2) is 62.6 Å². The molecule has 3 aromatic heterocycles. The van der Waals surface area contributed by atoms with Crippen LogP contribution in [0.4, 0.5) is 0 Å². The zero-order chi connectivity index (χ0) is 24.5. The maximum atomic E-state index is 13.0. The first-order valence-corrected chi connectivity index (χ1v) is 13.7. The van der Waals surface area contributed by atoms with Crippen LogP contribution in [0.2, 0.25) is 0 Å². The molecule has 9 nitrogen and oxygen atoms in total. The number of aryl methyl sites for hydroxylation is 1. The summed E-state index contributed by atoms with van der Waals surface area (Å²) in [6, 6.07) is 11.8. The predicted octanol–water partition coefficient (Wildman–Crippen LogP) is 4.56. The number of carbonyl (C=O) groups excluding carboxylic acids is 1. The largest absolute Gasteiger partial charge is 0.461 e. The van der Waals surface area contributed by atoms with Gasteiger partial charge < -0.3 is 18.8 Å². The Balaban J connectivity index is 1.17. The number of ether oxygens (including phenoxy) is 2. The molecule has 1 aromatic carbocycles. The van der Waals surface area contributed by atoms with Gasteiger partial charge in [-0.3, -0.25) is 9.36 Å². The number of furan rings is 1. The normalized spacial score (nSPS) is 17.2. The van der Waals surface area contributed by atoms with Crippen LogP contribution in [0, 0.1) is 6.92 Å². The summed E-state index contributed by atoms with van der Waals surface area (Å²) in [4.78, 5) is 19.5. The quantitative estimate of drug-likeness (QED) is 0.339. The SMILES string of the molecule is Cc1ccccc1-n1c(SCc2nc(C(=O)N3CCC4(CC3)OCCO4)cs2)nnc1-c1ccco1. The predicted molar refractivity (Wildman–Crippen MR) is 135 cm³/mol. The van der Waals surface area contributed by atoms with Gasteiger partial charge in [-0.25, -0.2) is 4.98 Å². The monoisotopic (exact) mass is 523 g/mol. The number of amides is 1. The van der Waals surface area contributed by atoms with E-state index in [0.29, 0.717) is 62.2 Å². The number of carbonyl (C=O) groups is 1. The van der Waals surface area contributed by atoms with Crippen LogP contribution in [0.25, 0.3) is 17.3 Å². The fourth-order valence-electron chi connectivity index (χ4n) is 4.56. The maximum absolute atomic E-state index is 13.0. The molecular formula is C25H25N5O4S2. The van der Waals surface area contributed by atoms with Crippen molar-refractivity contribution >= 4 is 29.0 Å². The van der Waals surface area contributed by atoms with E-state index in [0.717, 1.165) is 21.4 Å². The minimum absolute atomic E-state index is 0.0430. The third kappa shape index (κ3) is 4.47. The Morgan fingerprint density at radius 2 is 1.92 bits per heavy atom.